The van der Waals surface area contributed by atoms with Crippen molar-refractivity contribution in [1.29, 1.82) is 0 Å². The highest BCUT2D eigenvalue weighted by atomic mass is 32.2. The molecule has 178 valence electrons. The monoisotopic (exact) mass is 502 g/mol. The number of aryl methyl sites for hydroxylation is 4. The van der Waals surface area contributed by atoms with Crippen LogP contribution in [0.25, 0.3) is 0 Å². The molecule has 0 bridgehead atoms. The van der Waals surface area contributed by atoms with Crippen molar-refractivity contribution in [2.75, 3.05) is 5.32 Å². The molecule has 35 heavy (non-hydrogen) atoms. The van der Waals surface area contributed by atoms with Crippen LogP contribution >= 0.6 is 23.1 Å². The third-order valence-electron chi connectivity index (χ3n) is 5.75. The zero-order valence-corrected chi connectivity index (χ0v) is 21.6. The van der Waals surface area contributed by atoms with Crippen molar-refractivity contribution in [2.45, 2.75) is 56.7 Å². The van der Waals surface area contributed by atoms with E-state index >= 15 is 0 Å². The highest BCUT2D eigenvalue weighted by Crippen LogP contribution is 2.40. The van der Waals surface area contributed by atoms with Gasteiger partial charge in [0.25, 0.3) is 5.91 Å². The van der Waals surface area contributed by atoms with Crippen LogP contribution in [0.2, 0.25) is 0 Å². The van der Waals surface area contributed by atoms with Crippen LogP contribution in [0.15, 0.2) is 62.1 Å². The Morgan fingerprint density at radius 2 is 1.80 bits per heavy atom. The van der Waals surface area contributed by atoms with Gasteiger partial charge in [0.15, 0.2) is 10.2 Å². The van der Waals surface area contributed by atoms with Gasteiger partial charge in [-0.05, 0) is 94.1 Å². The van der Waals surface area contributed by atoms with E-state index < -0.39 is 0 Å². The van der Waals surface area contributed by atoms with Crippen LogP contribution in [0.1, 0.15) is 56.4 Å². The van der Waals surface area contributed by atoms with Gasteiger partial charge in [-0.3, -0.25) is 4.79 Å². The number of thiophene rings is 1. The SMILES string of the molecule is Cc1ccc(NC(=O)c2c(N=Cc3ccc(Sc4nc(C)cc(C)n4)o3)sc3c2CCCC3)cc1. The topological polar surface area (TPSA) is 80.4 Å². The fourth-order valence-electron chi connectivity index (χ4n) is 4.12. The minimum atomic E-state index is -0.108. The van der Waals surface area contributed by atoms with E-state index in [1.807, 2.05) is 63.2 Å². The molecular weight excluding hydrogens is 476 g/mol. The van der Waals surface area contributed by atoms with Crippen molar-refractivity contribution in [1.82, 2.24) is 9.97 Å². The van der Waals surface area contributed by atoms with Gasteiger partial charge in [0.2, 0.25) is 0 Å². The van der Waals surface area contributed by atoms with Crippen LogP contribution in [0.3, 0.4) is 0 Å². The molecule has 1 N–H and O–H groups in total. The number of nitrogens with zero attached hydrogens (tertiary/aromatic N) is 3. The molecule has 0 spiro atoms. The Morgan fingerprint density at radius 3 is 2.57 bits per heavy atom. The van der Waals surface area contributed by atoms with E-state index in [1.165, 1.54) is 16.6 Å². The highest BCUT2D eigenvalue weighted by Gasteiger charge is 2.25. The van der Waals surface area contributed by atoms with Gasteiger partial charge in [-0.15, -0.1) is 11.3 Å². The lowest BCUT2D eigenvalue weighted by molar-refractivity contribution is 0.102. The van der Waals surface area contributed by atoms with E-state index in [-0.39, 0.29) is 5.91 Å². The summed E-state index contributed by atoms with van der Waals surface area (Å²) >= 11 is 2.99. The van der Waals surface area contributed by atoms with Crippen LogP contribution in [0.4, 0.5) is 10.7 Å². The number of nitrogens with one attached hydrogen (secondary N) is 1. The molecule has 6 nitrogen and oxygen atoms in total. The van der Waals surface area contributed by atoms with Crippen molar-refractivity contribution in [3.63, 3.8) is 0 Å². The average molecular weight is 503 g/mol. The van der Waals surface area contributed by atoms with E-state index in [9.17, 15) is 4.79 Å². The summed E-state index contributed by atoms with van der Waals surface area (Å²) in [5.74, 6) is 0.510. The van der Waals surface area contributed by atoms with Gasteiger partial charge in [0, 0.05) is 22.0 Å². The summed E-state index contributed by atoms with van der Waals surface area (Å²) in [6.45, 7) is 5.93. The lowest BCUT2D eigenvalue weighted by Gasteiger charge is -2.13. The molecule has 3 heterocycles. The lowest BCUT2D eigenvalue weighted by atomic mass is 9.95. The van der Waals surface area contributed by atoms with Crippen molar-refractivity contribution in [3.05, 3.63) is 81.2 Å². The number of rotatable bonds is 6. The van der Waals surface area contributed by atoms with Gasteiger partial charge in [0.05, 0.1) is 11.8 Å². The normalized spacial score (nSPS) is 13.2. The number of fused-ring (bicyclic) bond motifs is 1. The number of hydrogen-bond donors (Lipinski definition) is 1. The molecule has 0 atom stereocenters. The van der Waals surface area contributed by atoms with Crippen LogP contribution in [-0.2, 0) is 12.8 Å². The third-order valence-corrected chi connectivity index (χ3v) is 7.74. The lowest BCUT2D eigenvalue weighted by Crippen LogP contribution is -2.14. The number of aliphatic imine (C=N–C) groups is 1. The summed E-state index contributed by atoms with van der Waals surface area (Å²) in [4.78, 5) is 28.2. The van der Waals surface area contributed by atoms with E-state index in [4.69, 9.17) is 9.41 Å². The summed E-state index contributed by atoms with van der Waals surface area (Å²) in [7, 11) is 0. The second kappa shape index (κ2) is 10.2. The van der Waals surface area contributed by atoms with Crippen molar-refractivity contribution in [2.24, 2.45) is 4.99 Å². The first-order chi connectivity index (χ1) is 16.9. The molecule has 0 saturated carbocycles. The molecule has 0 radical (unpaired) electrons. The number of benzene rings is 1. The predicted octanol–water partition coefficient (Wildman–Crippen LogP) is 7.09. The molecule has 0 unspecified atom stereocenters. The Morgan fingerprint density at radius 1 is 1.06 bits per heavy atom. The molecule has 4 aromatic rings. The smallest absolute Gasteiger partial charge is 0.259 e. The zero-order chi connectivity index (χ0) is 24.4. The van der Waals surface area contributed by atoms with Crippen molar-refractivity contribution >= 4 is 45.9 Å². The fourth-order valence-corrected chi connectivity index (χ4v) is 6.18. The molecule has 1 aliphatic carbocycles. The number of hydrogen-bond acceptors (Lipinski definition) is 7. The molecule has 1 amide bonds. The molecule has 1 aliphatic rings. The minimum Gasteiger partial charge on any atom is -0.448 e. The molecule has 1 aromatic carbocycles. The molecule has 0 aliphatic heterocycles. The van der Waals surface area contributed by atoms with E-state index in [0.717, 1.165) is 58.9 Å². The van der Waals surface area contributed by atoms with Crippen molar-refractivity contribution < 1.29 is 9.21 Å². The largest absolute Gasteiger partial charge is 0.448 e. The maximum Gasteiger partial charge on any atom is 0.259 e. The number of anilines is 1. The predicted molar refractivity (Wildman–Crippen MR) is 142 cm³/mol. The molecule has 3 aromatic heterocycles. The Labute approximate surface area is 212 Å². The number of carbonyl (C=O) groups excluding carboxylic acids is 1. The Balaban J connectivity index is 1.38. The van der Waals surface area contributed by atoms with Gasteiger partial charge >= 0.3 is 0 Å². The molecule has 0 saturated heterocycles. The molecule has 0 fully saturated rings. The van der Waals surface area contributed by atoms with Gasteiger partial charge in [-0.25, -0.2) is 15.0 Å². The van der Waals surface area contributed by atoms with Crippen LogP contribution < -0.4 is 5.32 Å². The van der Waals surface area contributed by atoms with E-state index in [2.05, 4.69) is 15.3 Å². The first-order valence-electron chi connectivity index (χ1n) is 11.6. The standard InChI is InChI=1S/C27H26N4O2S2/c1-16-8-10-19(11-9-16)31-25(32)24-21-6-4-5-7-22(21)34-26(24)28-15-20-12-13-23(33-20)35-27-29-17(2)14-18(3)30-27/h8-15H,4-7H2,1-3H3,(H,31,32). The number of aromatic nitrogens is 2. The molecule has 5 rings (SSSR count). The third kappa shape index (κ3) is 5.55. The maximum atomic E-state index is 13.3. The maximum absolute atomic E-state index is 13.3. The number of amides is 1. The quantitative estimate of drug-likeness (QED) is 0.225. The zero-order valence-electron chi connectivity index (χ0n) is 19.9. The van der Waals surface area contributed by atoms with Crippen LogP contribution in [0, 0.1) is 20.8 Å². The summed E-state index contributed by atoms with van der Waals surface area (Å²) in [6.07, 6.45) is 5.84. The van der Waals surface area contributed by atoms with E-state index in [0.29, 0.717) is 21.6 Å². The Bertz CT molecular complexity index is 1380. The average Bonchev–Trinajstić information content (AvgIpc) is 3.42. The van der Waals surface area contributed by atoms with Gasteiger partial charge < -0.3 is 9.73 Å². The van der Waals surface area contributed by atoms with Crippen LogP contribution in [-0.4, -0.2) is 22.1 Å². The van der Waals surface area contributed by atoms with Crippen molar-refractivity contribution in [3.8, 4) is 0 Å². The second-order valence-electron chi connectivity index (χ2n) is 8.66. The van der Waals surface area contributed by atoms with Gasteiger partial charge in [-0.2, -0.15) is 0 Å². The Hall–Kier alpha value is -3.23. The van der Waals surface area contributed by atoms with Gasteiger partial charge in [0.1, 0.15) is 10.8 Å². The van der Waals surface area contributed by atoms with Crippen LogP contribution in [0.5, 0.6) is 0 Å². The van der Waals surface area contributed by atoms with Gasteiger partial charge in [-0.1, -0.05) is 17.7 Å². The summed E-state index contributed by atoms with van der Waals surface area (Å²) in [5.41, 5.74) is 5.61. The second-order valence-corrected chi connectivity index (χ2v) is 10.7. The molecular formula is C27H26N4O2S2. The summed E-state index contributed by atoms with van der Waals surface area (Å²) < 4.78 is 5.94. The first-order valence-corrected chi connectivity index (χ1v) is 13.2. The Kier molecular flexibility index (Phi) is 6.83. The first kappa shape index (κ1) is 23.5. The number of furan rings is 1. The number of carbonyl (C=O) groups is 1. The summed E-state index contributed by atoms with van der Waals surface area (Å²) in [5, 5.41) is 5.13. The fraction of sp³-hybridized carbons (Fsp3) is 0.259. The molecule has 8 heteroatoms. The summed E-state index contributed by atoms with van der Waals surface area (Å²) in [6, 6.07) is 13.5. The minimum absolute atomic E-state index is 0.108. The highest BCUT2D eigenvalue weighted by molar-refractivity contribution is 7.99. The van der Waals surface area contributed by atoms with E-state index in [1.54, 1.807) is 17.6 Å².